The first-order valence-corrected chi connectivity index (χ1v) is 4.38. The van der Waals surface area contributed by atoms with E-state index in [4.69, 9.17) is 19.7 Å². The molecule has 2 saturated heterocycles. The minimum Gasteiger partial charge on any atom is -0.481 e. The molecule has 6 heteroatoms. The van der Waals surface area contributed by atoms with Crippen LogP contribution < -0.4 is 0 Å². The first kappa shape index (κ1) is 8.19. The van der Waals surface area contributed by atoms with Crippen molar-refractivity contribution in [2.75, 3.05) is 0 Å². The number of carboxylic acid groups (broad SMARTS) is 2. The van der Waals surface area contributed by atoms with Crippen molar-refractivity contribution < 1.29 is 29.3 Å². The van der Waals surface area contributed by atoms with E-state index in [0.29, 0.717) is 0 Å². The summed E-state index contributed by atoms with van der Waals surface area (Å²) in [6, 6.07) is 0. The number of carbonyl (C=O) groups is 2. The van der Waals surface area contributed by atoms with E-state index < -0.39 is 36.0 Å². The van der Waals surface area contributed by atoms with Crippen LogP contribution in [0, 0.1) is 11.8 Å². The molecule has 0 bridgehead atoms. The molecule has 0 amide bonds. The zero-order chi connectivity index (χ0) is 10.0. The lowest BCUT2D eigenvalue weighted by molar-refractivity contribution is -0.155. The van der Waals surface area contributed by atoms with E-state index in [0.717, 1.165) is 0 Å². The predicted octanol–water partition coefficient (Wildman–Crippen LogP) is -1.06. The number of hydrogen-bond donors (Lipinski definition) is 2. The van der Waals surface area contributed by atoms with Gasteiger partial charge in [0, 0.05) is 0 Å². The third-order valence-electron chi connectivity index (χ3n) is 3.11. The SMILES string of the molecule is O=C(O)[C@@H]1[C@@H]2O[C@@H]2[C@H]2O[C@@H]2[C@@H]1C(=O)O. The summed E-state index contributed by atoms with van der Waals surface area (Å²) in [7, 11) is 0. The molecule has 1 aliphatic carbocycles. The van der Waals surface area contributed by atoms with Crippen LogP contribution in [-0.4, -0.2) is 46.6 Å². The van der Waals surface area contributed by atoms with Gasteiger partial charge in [-0.15, -0.1) is 0 Å². The van der Waals surface area contributed by atoms with Gasteiger partial charge in [-0.1, -0.05) is 0 Å². The maximum absolute atomic E-state index is 10.9. The molecule has 14 heavy (non-hydrogen) atoms. The Morgan fingerprint density at radius 2 is 1.14 bits per heavy atom. The van der Waals surface area contributed by atoms with Gasteiger partial charge in [0.15, 0.2) is 0 Å². The molecule has 3 rings (SSSR count). The van der Waals surface area contributed by atoms with Crippen LogP contribution in [0.5, 0.6) is 0 Å². The highest BCUT2D eigenvalue weighted by molar-refractivity contribution is 5.82. The Balaban J connectivity index is 1.92. The van der Waals surface area contributed by atoms with Crippen molar-refractivity contribution in [3.63, 3.8) is 0 Å². The number of fused-ring (bicyclic) bond motifs is 3. The second-order valence-corrected chi connectivity index (χ2v) is 3.86. The van der Waals surface area contributed by atoms with Crippen LogP contribution in [0.25, 0.3) is 0 Å². The maximum atomic E-state index is 10.9. The van der Waals surface area contributed by atoms with Gasteiger partial charge in [0.1, 0.15) is 36.3 Å². The van der Waals surface area contributed by atoms with Gasteiger partial charge < -0.3 is 19.7 Å². The highest BCUT2D eigenvalue weighted by Crippen LogP contribution is 2.53. The monoisotopic (exact) mass is 200 g/mol. The van der Waals surface area contributed by atoms with Crippen LogP contribution in [0.3, 0.4) is 0 Å². The Kier molecular flexibility index (Phi) is 1.32. The number of epoxide rings is 2. The quantitative estimate of drug-likeness (QED) is 0.551. The molecule has 0 aromatic carbocycles. The van der Waals surface area contributed by atoms with E-state index in [1.165, 1.54) is 0 Å². The van der Waals surface area contributed by atoms with Gasteiger partial charge in [0.25, 0.3) is 0 Å². The molecule has 0 spiro atoms. The second-order valence-electron chi connectivity index (χ2n) is 3.86. The van der Waals surface area contributed by atoms with Crippen LogP contribution in [0.15, 0.2) is 0 Å². The van der Waals surface area contributed by atoms with Crippen molar-refractivity contribution >= 4 is 11.9 Å². The van der Waals surface area contributed by atoms with Gasteiger partial charge in [-0.05, 0) is 0 Å². The summed E-state index contributed by atoms with van der Waals surface area (Å²) in [5, 5.41) is 17.8. The molecule has 76 valence electrons. The largest absolute Gasteiger partial charge is 0.481 e. The Morgan fingerprint density at radius 3 is 1.43 bits per heavy atom. The van der Waals surface area contributed by atoms with Crippen LogP contribution in [-0.2, 0) is 19.1 Å². The van der Waals surface area contributed by atoms with E-state index in [9.17, 15) is 9.59 Å². The summed E-state index contributed by atoms with van der Waals surface area (Å²) in [5.74, 6) is -4.14. The van der Waals surface area contributed by atoms with Crippen LogP contribution >= 0.6 is 0 Å². The maximum Gasteiger partial charge on any atom is 0.310 e. The van der Waals surface area contributed by atoms with Gasteiger partial charge in [0.2, 0.25) is 0 Å². The second kappa shape index (κ2) is 2.26. The molecule has 0 aromatic rings. The van der Waals surface area contributed by atoms with Crippen LogP contribution in [0.1, 0.15) is 0 Å². The number of aliphatic carboxylic acids is 2. The lowest BCUT2D eigenvalue weighted by atomic mass is 9.79. The van der Waals surface area contributed by atoms with Crippen molar-refractivity contribution in [1.82, 2.24) is 0 Å². The topological polar surface area (TPSA) is 99.7 Å². The molecule has 0 unspecified atom stereocenters. The molecular weight excluding hydrogens is 192 g/mol. The minimum atomic E-state index is -1.11. The fraction of sp³-hybridized carbons (Fsp3) is 0.750. The fourth-order valence-corrected chi connectivity index (χ4v) is 2.38. The predicted molar refractivity (Wildman–Crippen MR) is 39.6 cm³/mol. The first-order valence-electron chi connectivity index (χ1n) is 4.38. The van der Waals surface area contributed by atoms with Crippen molar-refractivity contribution in [2.45, 2.75) is 24.4 Å². The Hall–Kier alpha value is -1.14. The van der Waals surface area contributed by atoms with Gasteiger partial charge in [0.05, 0.1) is 0 Å². The molecule has 2 heterocycles. The molecule has 0 aromatic heterocycles. The highest BCUT2D eigenvalue weighted by atomic mass is 16.7. The van der Waals surface area contributed by atoms with E-state index in [1.54, 1.807) is 0 Å². The van der Waals surface area contributed by atoms with Crippen molar-refractivity contribution in [2.24, 2.45) is 11.8 Å². The Bertz CT molecular complexity index is 294. The zero-order valence-corrected chi connectivity index (χ0v) is 6.99. The Morgan fingerprint density at radius 1 is 0.786 bits per heavy atom. The lowest BCUT2D eigenvalue weighted by Gasteiger charge is -2.18. The van der Waals surface area contributed by atoms with Gasteiger partial charge in [-0.3, -0.25) is 9.59 Å². The molecular formula is C8H8O6. The molecule has 3 fully saturated rings. The van der Waals surface area contributed by atoms with E-state index in [1.807, 2.05) is 0 Å². The molecule has 6 atom stereocenters. The van der Waals surface area contributed by atoms with Crippen molar-refractivity contribution in [3.05, 3.63) is 0 Å². The zero-order valence-electron chi connectivity index (χ0n) is 6.99. The summed E-state index contributed by atoms with van der Waals surface area (Å²) in [5.41, 5.74) is 0. The Labute approximate surface area is 78.4 Å². The first-order chi connectivity index (χ1) is 6.61. The summed E-state index contributed by atoms with van der Waals surface area (Å²) in [4.78, 5) is 21.7. The smallest absolute Gasteiger partial charge is 0.310 e. The van der Waals surface area contributed by atoms with Gasteiger partial charge >= 0.3 is 11.9 Å². The molecule has 1 saturated carbocycles. The highest BCUT2D eigenvalue weighted by Gasteiger charge is 2.72. The number of hydrogen-bond acceptors (Lipinski definition) is 4. The number of rotatable bonds is 2. The van der Waals surface area contributed by atoms with Crippen molar-refractivity contribution in [3.8, 4) is 0 Å². The normalized spacial score (nSPS) is 52.9. The van der Waals surface area contributed by atoms with E-state index >= 15 is 0 Å². The average Bonchev–Trinajstić information content (AvgIpc) is 2.93. The summed E-state index contributed by atoms with van der Waals surface area (Å²) >= 11 is 0. The standard InChI is InChI=1S/C8H8O6/c9-7(10)1-2(8(11)12)4-6(14-4)5-3(1)13-5/h1-6H,(H,9,10)(H,11,12)/t1-,2+,3-,4+,5-,6-/m0/s1. The third-order valence-corrected chi connectivity index (χ3v) is 3.11. The molecule has 2 aliphatic heterocycles. The lowest BCUT2D eigenvalue weighted by Crippen LogP contribution is -2.42. The van der Waals surface area contributed by atoms with Crippen molar-refractivity contribution in [1.29, 1.82) is 0 Å². The van der Waals surface area contributed by atoms with E-state index in [2.05, 4.69) is 0 Å². The summed E-state index contributed by atoms with van der Waals surface area (Å²) < 4.78 is 10.2. The molecule has 2 N–H and O–H groups in total. The molecule has 3 aliphatic rings. The van der Waals surface area contributed by atoms with Crippen LogP contribution in [0.2, 0.25) is 0 Å². The number of carboxylic acids is 2. The van der Waals surface area contributed by atoms with Gasteiger partial charge in [-0.25, -0.2) is 0 Å². The fourth-order valence-electron chi connectivity index (χ4n) is 2.38. The van der Waals surface area contributed by atoms with E-state index in [-0.39, 0.29) is 12.2 Å². The summed E-state index contributed by atoms with van der Waals surface area (Å²) in [6.07, 6.45) is -1.29. The molecule has 6 nitrogen and oxygen atoms in total. The summed E-state index contributed by atoms with van der Waals surface area (Å²) in [6.45, 7) is 0. The van der Waals surface area contributed by atoms with Gasteiger partial charge in [-0.2, -0.15) is 0 Å². The third kappa shape index (κ3) is 0.869. The molecule has 0 radical (unpaired) electrons. The minimum absolute atomic E-state index is 0.184. The average molecular weight is 200 g/mol. The number of ether oxygens (including phenoxy) is 2. The van der Waals surface area contributed by atoms with Crippen LogP contribution in [0.4, 0.5) is 0 Å².